The van der Waals surface area contributed by atoms with Gasteiger partial charge in [-0.3, -0.25) is 0 Å². The Morgan fingerprint density at radius 2 is 2.23 bits per heavy atom. The summed E-state index contributed by atoms with van der Waals surface area (Å²) in [4.78, 5) is 14.1. The fourth-order valence-corrected chi connectivity index (χ4v) is 3.07. The monoisotopic (exact) mass is 306 g/mol. The van der Waals surface area contributed by atoms with Crippen molar-refractivity contribution in [3.63, 3.8) is 0 Å². The van der Waals surface area contributed by atoms with E-state index in [1.165, 1.54) is 0 Å². The van der Waals surface area contributed by atoms with Crippen LogP contribution in [0.4, 0.5) is 4.79 Å². The zero-order valence-electron chi connectivity index (χ0n) is 13.8. The summed E-state index contributed by atoms with van der Waals surface area (Å²) in [5.74, 6) is 0.844. The average molecular weight is 306 g/mol. The Hall–Kier alpha value is -1.75. The second-order valence-electron chi connectivity index (χ2n) is 6.47. The third-order valence-corrected chi connectivity index (χ3v) is 4.23. The standard InChI is InChI=1S/C17H26N2O3/c1-12-10-13(7-8-14(12)22-4)11-18-16(20)19-9-5-6-15(19)17(2,3)21/h7-8,10,15,21H,5-6,9,11H2,1-4H3,(H,18,20). The zero-order valence-corrected chi connectivity index (χ0v) is 13.8. The van der Waals surface area contributed by atoms with Crippen LogP contribution in [-0.4, -0.2) is 41.3 Å². The number of hydrogen-bond acceptors (Lipinski definition) is 3. The van der Waals surface area contributed by atoms with E-state index in [0.717, 1.165) is 29.7 Å². The molecule has 0 radical (unpaired) electrons. The predicted molar refractivity (Wildman–Crippen MR) is 86.0 cm³/mol. The summed E-state index contributed by atoms with van der Waals surface area (Å²) >= 11 is 0. The van der Waals surface area contributed by atoms with Gasteiger partial charge in [-0.15, -0.1) is 0 Å². The van der Waals surface area contributed by atoms with Crippen LogP contribution in [0, 0.1) is 6.92 Å². The summed E-state index contributed by atoms with van der Waals surface area (Å²) in [6, 6.07) is 5.63. The lowest BCUT2D eigenvalue weighted by Crippen LogP contribution is -2.51. The topological polar surface area (TPSA) is 61.8 Å². The van der Waals surface area contributed by atoms with E-state index >= 15 is 0 Å². The first-order chi connectivity index (χ1) is 10.3. The SMILES string of the molecule is COc1ccc(CNC(=O)N2CCCC2C(C)(C)O)cc1C. The molecule has 1 unspecified atom stereocenters. The number of hydrogen-bond donors (Lipinski definition) is 2. The van der Waals surface area contributed by atoms with Crippen LogP contribution < -0.4 is 10.1 Å². The van der Waals surface area contributed by atoms with Crippen molar-refractivity contribution in [2.45, 2.75) is 51.8 Å². The minimum absolute atomic E-state index is 0.113. The molecule has 2 N–H and O–H groups in total. The lowest BCUT2D eigenvalue weighted by molar-refractivity contribution is 0.00979. The van der Waals surface area contributed by atoms with Crippen LogP contribution in [0.1, 0.15) is 37.8 Å². The summed E-state index contributed by atoms with van der Waals surface area (Å²) in [5.41, 5.74) is 1.21. The van der Waals surface area contributed by atoms with E-state index in [2.05, 4.69) is 5.32 Å². The van der Waals surface area contributed by atoms with Crippen LogP contribution in [0.15, 0.2) is 18.2 Å². The van der Waals surface area contributed by atoms with E-state index in [4.69, 9.17) is 4.74 Å². The Labute approximate surface area is 132 Å². The molecule has 1 aliphatic heterocycles. The molecule has 2 rings (SSSR count). The van der Waals surface area contributed by atoms with E-state index < -0.39 is 5.60 Å². The number of likely N-dealkylation sites (tertiary alicyclic amines) is 1. The van der Waals surface area contributed by atoms with Crippen LogP contribution in [0.2, 0.25) is 0 Å². The van der Waals surface area contributed by atoms with Gasteiger partial charge in [0.15, 0.2) is 0 Å². The van der Waals surface area contributed by atoms with Crippen molar-refractivity contribution in [3.05, 3.63) is 29.3 Å². The fraction of sp³-hybridized carbons (Fsp3) is 0.588. The molecule has 22 heavy (non-hydrogen) atoms. The first kappa shape index (κ1) is 16.6. The molecule has 0 bridgehead atoms. The number of nitrogens with zero attached hydrogens (tertiary/aromatic N) is 1. The van der Waals surface area contributed by atoms with Gasteiger partial charge in [0.1, 0.15) is 5.75 Å². The number of aryl methyl sites for hydroxylation is 1. The number of rotatable bonds is 4. The number of aliphatic hydroxyl groups is 1. The zero-order chi connectivity index (χ0) is 16.3. The van der Waals surface area contributed by atoms with E-state index in [1.807, 2.05) is 25.1 Å². The molecule has 0 aromatic heterocycles. The molecule has 0 saturated carbocycles. The second kappa shape index (κ2) is 6.57. The first-order valence-corrected chi connectivity index (χ1v) is 7.73. The number of carbonyl (C=O) groups is 1. The molecule has 1 heterocycles. The van der Waals surface area contributed by atoms with Gasteiger partial charge in [-0.1, -0.05) is 12.1 Å². The number of amides is 2. The maximum Gasteiger partial charge on any atom is 0.318 e. The van der Waals surface area contributed by atoms with Gasteiger partial charge in [0.05, 0.1) is 18.8 Å². The van der Waals surface area contributed by atoms with Crippen molar-refractivity contribution in [1.29, 1.82) is 0 Å². The summed E-state index contributed by atoms with van der Waals surface area (Å²) in [6.45, 7) is 6.67. The van der Waals surface area contributed by atoms with Gasteiger partial charge >= 0.3 is 6.03 Å². The molecule has 1 saturated heterocycles. The molecule has 1 fully saturated rings. The third-order valence-electron chi connectivity index (χ3n) is 4.23. The van der Waals surface area contributed by atoms with Crippen molar-refractivity contribution in [2.75, 3.05) is 13.7 Å². The van der Waals surface area contributed by atoms with Gasteiger partial charge < -0.3 is 20.1 Å². The maximum atomic E-state index is 12.4. The molecule has 5 nitrogen and oxygen atoms in total. The molecule has 122 valence electrons. The lowest BCUT2D eigenvalue weighted by atomic mass is 9.97. The van der Waals surface area contributed by atoms with Crippen molar-refractivity contribution >= 4 is 6.03 Å². The van der Waals surface area contributed by atoms with E-state index in [-0.39, 0.29) is 12.1 Å². The van der Waals surface area contributed by atoms with E-state index in [9.17, 15) is 9.90 Å². The molecule has 1 aromatic rings. The van der Waals surface area contributed by atoms with Gasteiger partial charge in [0.2, 0.25) is 0 Å². The minimum atomic E-state index is -0.870. The van der Waals surface area contributed by atoms with Gasteiger partial charge in [-0.05, 0) is 50.8 Å². The Morgan fingerprint density at radius 3 is 2.82 bits per heavy atom. The van der Waals surface area contributed by atoms with E-state index in [1.54, 1.807) is 25.9 Å². The highest BCUT2D eigenvalue weighted by atomic mass is 16.5. The maximum absolute atomic E-state index is 12.4. The molecular weight excluding hydrogens is 280 g/mol. The van der Waals surface area contributed by atoms with Crippen LogP contribution >= 0.6 is 0 Å². The molecule has 1 aromatic carbocycles. The highest BCUT2D eigenvalue weighted by Crippen LogP contribution is 2.26. The summed E-state index contributed by atoms with van der Waals surface area (Å²) in [5, 5.41) is 13.1. The second-order valence-corrected chi connectivity index (χ2v) is 6.47. The van der Waals surface area contributed by atoms with Gasteiger partial charge in [-0.2, -0.15) is 0 Å². The van der Waals surface area contributed by atoms with E-state index in [0.29, 0.717) is 13.1 Å². The van der Waals surface area contributed by atoms with Crippen molar-refractivity contribution in [2.24, 2.45) is 0 Å². The van der Waals surface area contributed by atoms with Crippen LogP contribution in [0.25, 0.3) is 0 Å². The summed E-state index contributed by atoms with van der Waals surface area (Å²) in [6.07, 6.45) is 1.78. The first-order valence-electron chi connectivity index (χ1n) is 7.73. The summed E-state index contributed by atoms with van der Waals surface area (Å²) < 4.78 is 5.23. The van der Waals surface area contributed by atoms with Crippen LogP contribution in [0.5, 0.6) is 5.75 Å². The molecule has 1 atom stereocenters. The Kier molecular flexibility index (Phi) is 4.96. The quantitative estimate of drug-likeness (QED) is 0.898. The highest BCUT2D eigenvalue weighted by Gasteiger charge is 2.38. The number of carbonyl (C=O) groups excluding carboxylic acids is 1. The molecule has 0 aliphatic carbocycles. The molecule has 0 spiro atoms. The summed E-state index contributed by atoms with van der Waals surface area (Å²) in [7, 11) is 1.65. The minimum Gasteiger partial charge on any atom is -0.496 e. The Balaban J connectivity index is 1.96. The molecular formula is C17H26N2O3. The number of urea groups is 1. The number of methoxy groups -OCH3 is 1. The van der Waals surface area contributed by atoms with Crippen molar-refractivity contribution in [3.8, 4) is 5.75 Å². The smallest absolute Gasteiger partial charge is 0.318 e. The highest BCUT2D eigenvalue weighted by molar-refractivity contribution is 5.75. The van der Waals surface area contributed by atoms with Crippen molar-refractivity contribution in [1.82, 2.24) is 10.2 Å². The lowest BCUT2D eigenvalue weighted by Gasteiger charge is -2.33. The third kappa shape index (κ3) is 3.71. The largest absolute Gasteiger partial charge is 0.496 e. The van der Waals surface area contributed by atoms with Gasteiger partial charge in [0.25, 0.3) is 0 Å². The molecule has 5 heteroatoms. The number of benzene rings is 1. The van der Waals surface area contributed by atoms with Gasteiger partial charge in [0, 0.05) is 13.1 Å². The van der Waals surface area contributed by atoms with Gasteiger partial charge in [-0.25, -0.2) is 4.79 Å². The average Bonchev–Trinajstić information content (AvgIpc) is 2.94. The Bertz CT molecular complexity index is 537. The Morgan fingerprint density at radius 1 is 1.50 bits per heavy atom. The molecule has 1 aliphatic rings. The predicted octanol–water partition coefficient (Wildman–Crippen LogP) is 2.45. The van der Waals surface area contributed by atoms with Crippen LogP contribution in [0.3, 0.4) is 0 Å². The number of nitrogens with one attached hydrogen (secondary N) is 1. The normalized spacial score (nSPS) is 18.4. The molecule has 2 amide bonds. The van der Waals surface area contributed by atoms with Crippen molar-refractivity contribution < 1.29 is 14.6 Å². The fourth-order valence-electron chi connectivity index (χ4n) is 3.07. The van der Waals surface area contributed by atoms with Crippen LogP contribution in [-0.2, 0) is 6.54 Å². The number of ether oxygens (including phenoxy) is 1.